The van der Waals surface area contributed by atoms with Gasteiger partial charge in [0, 0.05) is 0 Å². The maximum absolute atomic E-state index is 5.85. The van der Waals surface area contributed by atoms with E-state index in [-0.39, 0.29) is 0 Å². The number of hydrogen-bond donors (Lipinski definition) is 0. The lowest BCUT2D eigenvalue weighted by Crippen LogP contribution is -2.32. The molecule has 0 aliphatic carbocycles. The number of hydrogen-bond acceptors (Lipinski definition) is 1. The SMILES string of the molecule is CCCCCCCCCCCCCCCCCOC(N(C)C)=[N+](C)C. The molecule has 3 nitrogen and oxygen atoms in total. The van der Waals surface area contributed by atoms with Crippen LogP contribution in [0.5, 0.6) is 0 Å². The highest BCUT2D eigenvalue weighted by atomic mass is 16.5. The van der Waals surface area contributed by atoms with Gasteiger partial charge in [-0.15, -0.1) is 0 Å². The van der Waals surface area contributed by atoms with Crippen molar-refractivity contribution in [1.29, 1.82) is 0 Å². The monoisotopic (exact) mass is 355 g/mol. The zero-order valence-electron chi connectivity index (χ0n) is 18.1. The van der Waals surface area contributed by atoms with Crippen molar-refractivity contribution in [3.8, 4) is 0 Å². The smallest absolute Gasteiger partial charge is 0.432 e. The van der Waals surface area contributed by atoms with Gasteiger partial charge in [-0.1, -0.05) is 96.8 Å². The zero-order valence-corrected chi connectivity index (χ0v) is 18.1. The molecule has 0 aliphatic rings. The number of amidine groups is 1. The molecule has 0 spiro atoms. The zero-order chi connectivity index (χ0) is 18.8. The van der Waals surface area contributed by atoms with Gasteiger partial charge in [-0.25, -0.2) is 9.48 Å². The molecule has 0 saturated carbocycles. The van der Waals surface area contributed by atoms with Gasteiger partial charge in [0.25, 0.3) is 0 Å². The summed E-state index contributed by atoms with van der Waals surface area (Å²) in [7, 11) is 8.12. The maximum Gasteiger partial charge on any atom is 0.445 e. The molecule has 0 aliphatic heterocycles. The minimum Gasteiger partial charge on any atom is -0.432 e. The van der Waals surface area contributed by atoms with Crippen LogP contribution in [-0.2, 0) is 4.74 Å². The molecule has 0 atom stereocenters. The molecule has 0 aromatic heterocycles. The van der Waals surface area contributed by atoms with E-state index in [2.05, 4.69) is 6.92 Å². The minimum absolute atomic E-state index is 0.837. The van der Waals surface area contributed by atoms with Crippen LogP contribution in [0.15, 0.2) is 0 Å². The van der Waals surface area contributed by atoms with Crippen LogP contribution >= 0.6 is 0 Å². The summed E-state index contributed by atoms with van der Waals surface area (Å²) in [4.78, 5) is 2.03. The topological polar surface area (TPSA) is 15.5 Å². The van der Waals surface area contributed by atoms with Gasteiger partial charge in [-0.05, 0) is 6.42 Å². The number of rotatable bonds is 16. The fourth-order valence-corrected chi connectivity index (χ4v) is 3.30. The van der Waals surface area contributed by atoms with E-state index in [0.717, 1.165) is 12.6 Å². The fraction of sp³-hybridized carbons (Fsp3) is 0.955. The van der Waals surface area contributed by atoms with Gasteiger partial charge in [-0.3, -0.25) is 0 Å². The van der Waals surface area contributed by atoms with E-state index in [4.69, 9.17) is 4.74 Å². The van der Waals surface area contributed by atoms with Crippen molar-refractivity contribution in [3.05, 3.63) is 0 Å². The number of ether oxygens (including phenoxy) is 1. The quantitative estimate of drug-likeness (QED) is 0.145. The van der Waals surface area contributed by atoms with Crippen molar-refractivity contribution in [3.63, 3.8) is 0 Å². The lowest BCUT2D eigenvalue weighted by molar-refractivity contribution is -0.480. The Balaban J connectivity index is 3.23. The van der Waals surface area contributed by atoms with Crippen LogP contribution in [-0.4, -0.2) is 50.3 Å². The first-order valence-corrected chi connectivity index (χ1v) is 10.9. The average molecular weight is 356 g/mol. The van der Waals surface area contributed by atoms with Gasteiger partial charge >= 0.3 is 6.02 Å². The highest BCUT2D eigenvalue weighted by molar-refractivity contribution is 5.67. The van der Waals surface area contributed by atoms with Gasteiger partial charge in [0.2, 0.25) is 0 Å². The summed E-state index contributed by atoms with van der Waals surface area (Å²) >= 11 is 0. The molecule has 0 N–H and O–H groups in total. The molecule has 0 saturated heterocycles. The highest BCUT2D eigenvalue weighted by Gasteiger charge is 2.12. The van der Waals surface area contributed by atoms with E-state index in [0.29, 0.717) is 0 Å². The molecule has 0 fully saturated rings. The van der Waals surface area contributed by atoms with Crippen LogP contribution in [0.2, 0.25) is 0 Å². The predicted molar refractivity (Wildman–Crippen MR) is 112 cm³/mol. The Morgan fingerprint density at radius 1 is 0.640 bits per heavy atom. The second-order valence-corrected chi connectivity index (χ2v) is 7.87. The molecule has 0 rings (SSSR count). The Morgan fingerprint density at radius 3 is 1.32 bits per heavy atom. The summed E-state index contributed by atoms with van der Waals surface area (Å²) < 4.78 is 7.88. The average Bonchev–Trinajstić information content (AvgIpc) is 2.57. The van der Waals surface area contributed by atoms with Crippen LogP contribution in [0.25, 0.3) is 0 Å². The molecule has 0 aromatic rings. The third-order valence-electron chi connectivity index (χ3n) is 4.74. The maximum atomic E-state index is 5.85. The number of nitrogens with zero attached hydrogens (tertiary/aromatic N) is 2. The molecule has 0 amide bonds. The van der Waals surface area contributed by atoms with E-state index >= 15 is 0 Å². The van der Waals surface area contributed by atoms with Gasteiger partial charge in [0.05, 0.1) is 34.8 Å². The van der Waals surface area contributed by atoms with Crippen molar-refractivity contribution in [2.75, 3.05) is 34.8 Å². The van der Waals surface area contributed by atoms with Gasteiger partial charge in [-0.2, -0.15) is 0 Å². The first-order valence-electron chi connectivity index (χ1n) is 10.9. The standard InChI is InChI=1S/C22H47N2O/c1-6-7-8-9-10-11-12-13-14-15-16-17-18-19-20-21-25-22(23(2)3)24(4)5/h6-21H2,1-5H3/q+1. The van der Waals surface area contributed by atoms with Gasteiger partial charge in [0.15, 0.2) is 0 Å². The molecule has 0 radical (unpaired) electrons. The van der Waals surface area contributed by atoms with Gasteiger partial charge in [0.1, 0.15) is 0 Å². The summed E-state index contributed by atoms with van der Waals surface area (Å²) in [6.07, 6.45) is 21.1. The van der Waals surface area contributed by atoms with E-state index < -0.39 is 0 Å². The lowest BCUT2D eigenvalue weighted by atomic mass is 10.0. The molecule has 0 heterocycles. The Labute approximate surface area is 158 Å². The molecule has 0 unspecified atom stereocenters. The van der Waals surface area contributed by atoms with E-state index in [1.165, 1.54) is 96.3 Å². The third kappa shape index (κ3) is 16.5. The third-order valence-corrected chi connectivity index (χ3v) is 4.74. The summed E-state index contributed by atoms with van der Waals surface area (Å²) in [6, 6.07) is 0.949. The Morgan fingerprint density at radius 2 is 1.00 bits per heavy atom. The van der Waals surface area contributed by atoms with Crippen LogP contribution in [0.4, 0.5) is 0 Å². The van der Waals surface area contributed by atoms with Crippen LogP contribution in [0.1, 0.15) is 103 Å². The first kappa shape index (κ1) is 24.3. The fourth-order valence-electron chi connectivity index (χ4n) is 3.30. The molecule has 0 aromatic carbocycles. The first-order chi connectivity index (χ1) is 12.1. The second kappa shape index (κ2) is 18.1. The van der Waals surface area contributed by atoms with Crippen molar-refractivity contribution in [1.82, 2.24) is 4.90 Å². The lowest BCUT2D eigenvalue weighted by Gasteiger charge is -2.11. The Bertz CT molecular complexity index is 309. The molecular weight excluding hydrogens is 308 g/mol. The van der Waals surface area contributed by atoms with Crippen molar-refractivity contribution in [2.24, 2.45) is 0 Å². The van der Waals surface area contributed by atoms with E-state index in [1.54, 1.807) is 0 Å². The van der Waals surface area contributed by atoms with Crippen molar-refractivity contribution in [2.45, 2.75) is 103 Å². The normalized spacial score (nSPS) is 10.8. The summed E-state index contributed by atoms with van der Waals surface area (Å²) in [5.74, 6) is 0. The largest absolute Gasteiger partial charge is 0.445 e. The minimum atomic E-state index is 0.837. The van der Waals surface area contributed by atoms with E-state index in [9.17, 15) is 0 Å². The Kier molecular flexibility index (Phi) is 17.5. The summed E-state index contributed by atoms with van der Waals surface area (Å²) in [5.41, 5.74) is 0. The molecular formula is C22H47N2O+. The molecule has 0 bridgehead atoms. The second-order valence-electron chi connectivity index (χ2n) is 7.87. The Hall–Kier alpha value is -0.730. The molecule has 150 valence electrons. The molecule has 3 heteroatoms. The van der Waals surface area contributed by atoms with Crippen LogP contribution < -0.4 is 0 Å². The number of unbranched alkanes of at least 4 members (excludes halogenated alkanes) is 14. The predicted octanol–water partition coefficient (Wildman–Crippen LogP) is 6.06. The summed E-state index contributed by atoms with van der Waals surface area (Å²) in [5, 5.41) is 0. The molecule has 25 heavy (non-hydrogen) atoms. The highest BCUT2D eigenvalue weighted by Crippen LogP contribution is 2.13. The summed E-state index contributed by atoms with van der Waals surface area (Å²) in [6.45, 7) is 3.13. The van der Waals surface area contributed by atoms with Crippen molar-refractivity contribution >= 4 is 6.02 Å². The van der Waals surface area contributed by atoms with Crippen LogP contribution in [0.3, 0.4) is 0 Å². The van der Waals surface area contributed by atoms with E-state index in [1.807, 2.05) is 37.7 Å². The van der Waals surface area contributed by atoms with Gasteiger partial charge < -0.3 is 4.74 Å². The van der Waals surface area contributed by atoms with Crippen molar-refractivity contribution < 1.29 is 9.31 Å². The van der Waals surface area contributed by atoms with Crippen LogP contribution in [0, 0.1) is 0 Å².